The van der Waals surface area contributed by atoms with E-state index in [0.29, 0.717) is 16.9 Å². The van der Waals surface area contributed by atoms with Crippen molar-refractivity contribution in [2.45, 2.75) is 13.0 Å². The summed E-state index contributed by atoms with van der Waals surface area (Å²) in [6.07, 6.45) is -0.489. The number of fused-ring (bicyclic) bond motifs is 3. The van der Waals surface area contributed by atoms with Gasteiger partial charge in [-0.2, -0.15) is 0 Å². The van der Waals surface area contributed by atoms with Crippen LogP contribution in [0.25, 0.3) is 11.0 Å². The van der Waals surface area contributed by atoms with Crippen LogP contribution in [0.4, 0.5) is 0 Å². The maximum Gasteiger partial charge on any atom is 0.336 e. The summed E-state index contributed by atoms with van der Waals surface area (Å²) in [6.45, 7) is 1.55. The lowest BCUT2D eigenvalue weighted by atomic mass is 10.1. The van der Waals surface area contributed by atoms with Crippen molar-refractivity contribution in [1.29, 1.82) is 0 Å². The van der Waals surface area contributed by atoms with E-state index in [9.17, 15) is 9.59 Å². The third-order valence-electron chi connectivity index (χ3n) is 3.18. The summed E-state index contributed by atoms with van der Waals surface area (Å²) >= 11 is 0. The van der Waals surface area contributed by atoms with Gasteiger partial charge < -0.3 is 23.4 Å². The number of methoxy groups -OCH3 is 1. The zero-order valence-corrected chi connectivity index (χ0v) is 12.1. The number of carbonyl (C=O) groups excluding carboxylic acids is 1. The molecule has 7 nitrogen and oxygen atoms in total. The van der Waals surface area contributed by atoms with E-state index in [1.54, 1.807) is 12.1 Å². The molecule has 0 spiro atoms. The van der Waals surface area contributed by atoms with E-state index in [1.165, 1.54) is 20.1 Å². The molecule has 116 valence electrons. The first-order valence-electron chi connectivity index (χ1n) is 6.66. The highest BCUT2D eigenvalue weighted by Crippen LogP contribution is 2.45. The molecule has 0 radical (unpaired) electrons. The lowest BCUT2D eigenvalue weighted by Gasteiger charge is -2.27. The van der Waals surface area contributed by atoms with Crippen LogP contribution in [-0.4, -0.2) is 32.4 Å². The van der Waals surface area contributed by atoms with Gasteiger partial charge in [-0.25, -0.2) is 4.79 Å². The van der Waals surface area contributed by atoms with Gasteiger partial charge in [-0.15, -0.1) is 0 Å². The van der Waals surface area contributed by atoms with Gasteiger partial charge in [0.15, 0.2) is 17.4 Å². The highest BCUT2D eigenvalue weighted by atomic mass is 16.6. The Morgan fingerprint density at radius 2 is 2.18 bits per heavy atom. The van der Waals surface area contributed by atoms with E-state index >= 15 is 0 Å². The van der Waals surface area contributed by atoms with Crippen molar-refractivity contribution in [3.05, 3.63) is 28.6 Å². The van der Waals surface area contributed by atoms with Crippen LogP contribution >= 0.6 is 0 Å². The van der Waals surface area contributed by atoms with Gasteiger partial charge in [0.2, 0.25) is 11.5 Å². The Labute approximate surface area is 125 Å². The Balaban J connectivity index is 2.04. The van der Waals surface area contributed by atoms with E-state index in [-0.39, 0.29) is 24.5 Å². The second kappa shape index (κ2) is 5.59. The van der Waals surface area contributed by atoms with Crippen LogP contribution in [0, 0.1) is 0 Å². The predicted octanol–water partition coefficient (Wildman–Crippen LogP) is 1.50. The van der Waals surface area contributed by atoms with Crippen LogP contribution in [-0.2, 0) is 9.53 Å². The van der Waals surface area contributed by atoms with Crippen LogP contribution < -0.4 is 19.8 Å². The van der Waals surface area contributed by atoms with Crippen LogP contribution in [0.1, 0.15) is 6.92 Å². The van der Waals surface area contributed by atoms with Gasteiger partial charge in [-0.1, -0.05) is 0 Å². The molecule has 1 aromatic carbocycles. The minimum absolute atomic E-state index is 0.0462. The minimum atomic E-state index is -0.495. The third-order valence-corrected chi connectivity index (χ3v) is 3.18. The zero-order valence-electron chi connectivity index (χ0n) is 12.1. The maximum atomic E-state index is 11.5. The van der Waals surface area contributed by atoms with Crippen molar-refractivity contribution < 1.29 is 28.2 Å². The molecular weight excluding hydrogens is 292 g/mol. The SMILES string of the molecule is COc1cc2ccc(=O)oc2c2c1OCC(COC(C)=O)O2. The molecule has 2 heterocycles. The molecule has 22 heavy (non-hydrogen) atoms. The predicted molar refractivity (Wildman–Crippen MR) is 75.6 cm³/mol. The van der Waals surface area contributed by atoms with Crippen molar-refractivity contribution in [3.63, 3.8) is 0 Å². The van der Waals surface area contributed by atoms with E-state index < -0.39 is 17.7 Å². The maximum absolute atomic E-state index is 11.5. The fourth-order valence-electron chi connectivity index (χ4n) is 2.20. The molecule has 1 aliphatic heterocycles. The minimum Gasteiger partial charge on any atom is -0.493 e. The van der Waals surface area contributed by atoms with Crippen LogP contribution in [0.3, 0.4) is 0 Å². The van der Waals surface area contributed by atoms with Gasteiger partial charge >= 0.3 is 11.6 Å². The molecule has 7 heteroatoms. The number of rotatable bonds is 3. The van der Waals surface area contributed by atoms with Crippen molar-refractivity contribution in [2.24, 2.45) is 0 Å². The van der Waals surface area contributed by atoms with Gasteiger partial charge in [0.05, 0.1) is 7.11 Å². The van der Waals surface area contributed by atoms with Crippen molar-refractivity contribution in [3.8, 4) is 17.2 Å². The average Bonchev–Trinajstić information content (AvgIpc) is 2.52. The first kappa shape index (κ1) is 14.2. The molecular formula is C15H14O7. The number of hydrogen-bond donors (Lipinski definition) is 0. The standard InChI is InChI=1S/C15H14O7/c1-8(16)19-6-10-7-20-14-11(18-2)5-9-3-4-12(17)22-13(9)15(14)21-10/h3-5,10H,6-7H2,1-2H3. The molecule has 0 fully saturated rings. The molecule has 0 N–H and O–H groups in total. The molecule has 1 aliphatic rings. The molecule has 0 saturated carbocycles. The Kier molecular flexibility index (Phi) is 3.62. The van der Waals surface area contributed by atoms with Gasteiger partial charge in [0, 0.05) is 18.4 Å². The van der Waals surface area contributed by atoms with Gasteiger partial charge in [0.1, 0.15) is 13.2 Å². The Hall–Kier alpha value is -2.70. The molecule has 0 aliphatic carbocycles. The second-order valence-electron chi connectivity index (χ2n) is 4.76. The van der Waals surface area contributed by atoms with Crippen molar-refractivity contribution in [2.75, 3.05) is 20.3 Å². The highest BCUT2D eigenvalue weighted by molar-refractivity contribution is 5.88. The Morgan fingerprint density at radius 3 is 2.91 bits per heavy atom. The van der Waals surface area contributed by atoms with Crippen molar-refractivity contribution >= 4 is 16.9 Å². The molecule has 1 aromatic heterocycles. The normalized spacial score (nSPS) is 16.4. The summed E-state index contributed by atoms with van der Waals surface area (Å²) in [6, 6.07) is 4.63. The monoisotopic (exact) mass is 306 g/mol. The average molecular weight is 306 g/mol. The van der Waals surface area contributed by atoms with Gasteiger partial charge in [0.25, 0.3) is 0 Å². The smallest absolute Gasteiger partial charge is 0.336 e. The largest absolute Gasteiger partial charge is 0.493 e. The molecule has 1 unspecified atom stereocenters. The summed E-state index contributed by atoms with van der Waals surface area (Å²) in [5.41, 5.74) is -0.221. The van der Waals surface area contributed by atoms with Crippen LogP contribution in [0.5, 0.6) is 17.2 Å². The Bertz CT molecular complexity index is 777. The summed E-state index contributed by atoms with van der Waals surface area (Å²) in [7, 11) is 1.51. The number of ether oxygens (including phenoxy) is 4. The zero-order chi connectivity index (χ0) is 15.7. The number of esters is 1. The summed E-state index contributed by atoms with van der Waals surface area (Å²) in [4.78, 5) is 22.3. The Morgan fingerprint density at radius 1 is 1.36 bits per heavy atom. The van der Waals surface area contributed by atoms with E-state index in [4.69, 9.17) is 23.4 Å². The number of carbonyl (C=O) groups is 1. The number of benzene rings is 1. The lowest BCUT2D eigenvalue weighted by Crippen LogP contribution is -2.34. The quantitative estimate of drug-likeness (QED) is 0.627. The molecule has 3 rings (SSSR count). The fourth-order valence-corrected chi connectivity index (χ4v) is 2.20. The summed E-state index contributed by atoms with van der Waals surface area (Å²) in [5.74, 6) is 0.706. The first-order valence-corrected chi connectivity index (χ1v) is 6.66. The first-order chi connectivity index (χ1) is 10.6. The van der Waals surface area contributed by atoms with Crippen LogP contribution in [0.2, 0.25) is 0 Å². The highest BCUT2D eigenvalue weighted by Gasteiger charge is 2.28. The molecule has 0 amide bonds. The fraction of sp³-hybridized carbons (Fsp3) is 0.333. The third kappa shape index (κ3) is 2.57. The van der Waals surface area contributed by atoms with E-state index in [1.807, 2.05) is 0 Å². The number of hydrogen-bond acceptors (Lipinski definition) is 7. The molecule has 0 saturated heterocycles. The molecule has 2 aromatic rings. The van der Waals surface area contributed by atoms with Gasteiger partial charge in [-0.3, -0.25) is 4.79 Å². The van der Waals surface area contributed by atoms with Crippen LogP contribution in [0.15, 0.2) is 27.4 Å². The summed E-state index contributed by atoms with van der Waals surface area (Å²) < 4.78 is 26.8. The van der Waals surface area contributed by atoms with Gasteiger partial charge in [-0.05, 0) is 12.1 Å². The lowest BCUT2D eigenvalue weighted by molar-refractivity contribution is -0.144. The molecule has 0 bridgehead atoms. The van der Waals surface area contributed by atoms with Crippen molar-refractivity contribution in [1.82, 2.24) is 0 Å². The van der Waals surface area contributed by atoms with E-state index in [0.717, 1.165) is 0 Å². The second-order valence-corrected chi connectivity index (χ2v) is 4.76. The molecule has 1 atom stereocenters. The topological polar surface area (TPSA) is 84.2 Å². The van der Waals surface area contributed by atoms with E-state index in [2.05, 4.69) is 0 Å². The summed E-state index contributed by atoms with van der Waals surface area (Å²) in [5, 5.41) is 0.645.